The van der Waals surface area contributed by atoms with Crippen molar-refractivity contribution < 1.29 is 17.9 Å². The Morgan fingerprint density at radius 3 is 2.50 bits per heavy atom. The molecule has 1 aromatic rings. The zero-order valence-electron chi connectivity index (χ0n) is 11.3. The lowest BCUT2D eigenvalue weighted by Gasteiger charge is -2.15. The Balaban J connectivity index is 3.14. The van der Waals surface area contributed by atoms with Crippen LogP contribution >= 0.6 is 12.2 Å². The molecule has 110 valence electrons. The first kappa shape index (κ1) is 16.6. The molecule has 1 rings (SSSR count). The minimum absolute atomic E-state index is 0.127. The van der Waals surface area contributed by atoms with Gasteiger partial charge >= 0.3 is 5.97 Å². The Morgan fingerprint density at radius 1 is 1.40 bits per heavy atom. The standard InChI is InChI=1S/C13H17NO4S2/c1-3-11(13(15)18-2)20(16,17)8-9-6-4-5-7-10(9)12(14)19/h4-7,11H,3,8H2,1-2H3,(H2,14,19). The van der Waals surface area contributed by atoms with E-state index in [0.29, 0.717) is 11.1 Å². The zero-order chi connectivity index (χ0) is 15.3. The number of nitrogens with two attached hydrogens (primary N) is 1. The van der Waals surface area contributed by atoms with E-state index in [1.165, 1.54) is 7.11 Å². The molecule has 0 amide bonds. The summed E-state index contributed by atoms with van der Waals surface area (Å²) >= 11 is 4.90. The number of benzene rings is 1. The molecule has 0 fully saturated rings. The van der Waals surface area contributed by atoms with Crippen LogP contribution in [-0.2, 0) is 25.1 Å². The molecule has 0 spiro atoms. The van der Waals surface area contributed by atoms with Crippen LogP contribution in [-0.4, -0.2) is 31.7 Å². The smallest absolute Gasteiger partial charge is 0.324 e. The quantitative estimate of drug-likeness (QED) is 0.627. The molecule has 0 aliphatic rings. The van der Waals surface area contributed by atoms with Crippen LogP contribution in [0, 0.1) is 0 Å². The van der Waals surface area contributed by atoms with Gasteiger partial charge in [0.05, 0.1) is 12.9 Å². The van der Waals surface area contributed by atoms with Gasteiger partial charge in [-0.05, 0) is 12.0 Å². The van der Waals surface area contributed by atoms with Crippen molar-refractivity contribution in [3.8, 4) is 0 Å². The van der Waals surface area contributed by atoms with E-state index in [4.69, 9.17) is 18.0 Å². The Bertz CT molecular complexity index is 611. The highest BCUT2D eigenvalue weighted by atomic mass is 32.2. The van der Waals surface area contributed by atoms with Gasteiger partial charge in [-0.2, -0.15) is 0 Å². The summed E-state index contributed by atoms with van der Waals surface area (Å²) in [5.41, 5.74) is 6.57. The normalized spacial score (nSPS) is 12.7. The van der Waals surface area contributed by atoms with Gasteiger partial charge in [-0.15, -0.1) is 0 Å². The van der Waals surface area contributed by atoms with Gasteiger partial charge in [0.2, 0.25) is 0 Å². The van der Waals surface area contributed by atoms with Crippen LogP contribution < -0.4 is 5.73 Å². The van der Waals surface area contributed by atoms with Crippen molar-refractivity contribution in [2.75, 3.05) is 7.11 Å². The second-order valence-corrected chi connectivity index (χ2v) is 6.87. The maximum Gasteiger partial charge on any atom is 0.324 e. The third-order valence-electron chi connectivity index (χ3n) is 2.91. The van der Waals surface area contributed by atoms with E-state index in [2.05, 4.69) is 4.74 Å². The number of sulfone groups is 1. The van der Waals surface area contributed by atoms with E-state index in [1.54, 1.807) is 31.2 Å². The molecule has 0 aliphatic carbocycles. The number of carbonyl (C=O) groups excluding carboxylic acids is 1. The number of esters is 1. The highest BCUT2D eigenvalue weighted by Gasteiger charge is 2.32. The third-order valence-corrected chi connectivity index (χ3v) is 5.23. The van der Waals surface area contributed by atoms with Crippen molar-refractivity contribution in [3.05, 3.63) is 35.4 Å². The lowest BCUT2D eigenvalue weighted by molar-refractivity contribution is -0.140. The van der Waals surface area contributed by atoms with E-state index in [0.717, 1.165) is 0 Å². The largest absolute Gasteiger partial charge is 0.468 e. The van der Waals surface area contributed by atoms with Gasteiger partial charge in [-0.25, -0.2) is 8.42 Å². The number of methoxy groups -OCH3 is 1. The van der Waals surface area contributed by atoms with Crippen molar-refractivity contribution in [2.45, 2.75) is 24.3 Å². The molecule has 7 heteroatoms. The number of carbonyl (C=O) groups is 1. The average molecular weight is 315 g/mol. The average Bonchev–Trinajstić information content (AvgIpc) is 2.38. The van der Waals surface area contributed by atoms with Gasteiger partial charge in [-0.3, -0.25) is 4.79 Å². The predicted molar refractivity (Wildman–Crippen MR) is 81.0 cm³/mol. The highest BCUT2D eigenvalue weighted by Crippen LogP contribution is 2.18. The molecule has 0 radical (unpaired) electrons. The summed E-state index contributed by atoms with van der Waals surface area (Å²) in [7, 11) is -2.51. The Kier molecular flexibility index (Phi) is 5.64. The highest BCUT2D eigenvalue weighted by molar-refractivity contribution is 7.92. The number of hydrogen-bond acceptors (Lipinski definition) is 5. The number of thiocarbonyl (C=S) groups is 1. The SMILES string of the molecule is CCC(C(=O)OC)S(=O)(=O)Cc1ccccc1C(N)=S. The second kappa shape index (κ2) is 6.81. The monoisotopic (exact) mass is 315 g/mol. The minimum atomic E-state index is -3.68. The third kappa shape index (κ3) is 3.77. The van der Waals surface area contributed by atoms with Crippen molar-refractivity contribution in [3.63, 3.8) is 0 Å². The molecule has 20 heavy (non-hydrogen) atoms. The molecule has 0 saturated carbocycles. The second-order valence-electron chi connectivity index (χ2n) is 4.25. The topological polar surface area (TPSA) is 86.5 Å². The van der Waals surface area contributed by atoms with E-state index in [-0.39, 0.29) is 17.2 Å². The summed E-state index contributed by atoms with van der Waals surface area (Å²) in [5.74, 6) is -1.05. The molecule has 0 bridgehead atoms. The maximum absolute atomic E-state index is 12.3. The van der Waals surface area contributed by atoms with E-state index < -0.39 is 21.1 Å². The van der Waals surface area contributed by atoms with Crippen LogP contribution in [0.1, 0.15) is 24.5 Å². The minimum Gasteiger partial charge on any atom is -0.468 e. The van der Waals surface area contributed by atoms with Crippen LogP contribution in [0.25, 0.3) is 0 Å². The van der Waals surface area contributed by atoms with Crippen LogP contribution in [0.2, 0.25) is 0 Å². The molecule has 2 N–H and O–H groups in total. The summed E-state index contributed by atoms with van der Waals surface area (Å²) in [6, 6.07) is 6.72. The number of hydrogen-bond donors (Lipinski definition) is 1. The molecular formula is C13H17NO4S2. The zero-order valence-corrected chi connectivity index (χ0v) is 13.0. The lowest BCUT2D eigenvalue weighted by Crippen LogP contribution is -2.32. The molecule has 5 nitrogen and oxygen atoms in total. The van der Waals surface area contributed by atoms with Gasteiger partial charge in [0.15, 0.2) is 15.1 Å². The molecule has 0 heterocycles. The Hall–Kier alpha value is -1.47. The summed E-state index contributed by atoms with van der Waals surface area (Å²) in [6.45, 7) is 1.62. The molecule has 0 saturated heterocycles. The van der Waals surface area contributed by atoms with E-state index in [9.17, 15) is 13.2 Å². The number of rotatable bonds is 6. The lowest BCUT2D eigenvalue weighted by atomic mass is 10.1. The summed E-state index contributed by atoms with van der Waals surface area (Å²) in [4.78, 5) is 11.7. The van der Waals surface area contributed by atoms with Gasteiger partial charge in [-0.1, -0.05) is 43.4 Å². The summed E-state index contributed by atoms with van der Waals surface area (Å²) < 4.78 is 29.2. The fourth-order valence-corrected chi connectivity index (χ4v) is 3.89. The van der Waals surface area contributed by atoms with Crippen molar-refractivity contribution in [1.29, 1.82) is 0 Å². The molecule has 0 aromatic heterocycles. The van der Waals surface area contributed by atoms with Crippen molar-refractivity contribution in [2.24, 2.45) is 5.73 Å². The fraction of sp³-hybridized carbons (Fsp3) is 0.385. The molecule has 1 unspecified atom stereocenters. The fourth-order valence-electron chi connectivity index (χ4n) is 1.90. The molecule has 0 aliphatic heterocycles. The molecular weight excluding hydrogens is 298 g/mol. The van der Waals surface area contributed by atoms with Crippen LogP contribution in [0.15, 0.2) is 24.3 Å². The summed E-state index contributed by atoms with van der Waals surface area (Å²) in [6.07, 6.45) is 0.157. The van der Waals surface area contributed by atoms with Crippen LogP contribution in [0.4, 0.5) is 0 Å². The van der Waals surface area contributed by atoms with Crippen molar-refractivity contribution >= 4 is 33.0 Å². The first-order valence-electron chi connectivity index (χ1n) is 6.00. The summed E-state index contributed by atoms with van der Waals surface area (Å²) in [5, 5.41) is -1.17. The van der Waals surface area contributed by atoms with Crippen LogP contribution in [0.5, 0.6) is 0 Å². The first-order valence-corrected chi connectivity index (χ1v) is 8.13. The van der Waals surface area contributed by atoms with Crippen LogP contribution in [0.3, 0.4) is 0 Å². The predicted octanol–water partition coefficient (Wildman–Crippen LogP) is 1.19. The van der Waals surface area contributed by atoms with Gasteiger partial charge < -0.3 is 10.5 Å². The first-order chi connectivity index (χ1) is 9.33. The van der Waals surface area contributed by atoms with Gasteiger partial charge in [0.25, 0.3) is 0 Å². The van der Waals surface area contributed by atoms with Crippen molar-refractivity contribution in [1.82, 2.24) is 0 Å². The van der Waals surface area contributed by atoms with Gasteiger partial charge in [0.1, 0.15) is 4.99 Å². The van der Waals surface area contributed by atoms with Gasteiger partial charge in [0, 0.05) is 5.56 Å². The van der Waals surface area contributed by atoms with E-state index in [1.807, 2.05) is 0 Å². The van der Waals surface area contributed by atoms with E-state index >= 15 is 0 Å². The number of ether oxygens (including phenoxy) is 1. The molecule has 1 atom stereocenters. The Morgan fingerprint density at radius 2 is 2.00 bits per heavy atom. The Labute approximate surface area is 124 Å². The molecule has 1 aromatic carbocycles. The maximum atomic E-state index is 12.3.